The van der Waals surface area contributed by atoms with E-state index in [2.05, 4.69) is 29.3 Å². The number of hydrogen-bond acceptors (Lipinski definition) is 7. The highest BCUT2D eigenvalue weighted by atomic mass is 35.5. The lowest BCUT2D eigenvalue weighted by atomic mass is 9.79. The number of rotatable bonds is 8. The summed E-state index contributed by atoms with van der Waals surface area (Å²) in [6.07, 6.45) is 10.2. The van der Waals surface area contributed by atoms with Crippen molar-refractivity contribution in [2.75, 3.05) is 63.9 Å². The number of hydrogen-bond donors (Lipinski definition) is 3. The van der Waals surface area contributed by atoms with Gasteiger partial charge >= 0.3 is 6.03 Å². The molecule has 4 heterocycles. The van der Waals surface area contributed by atoms with Crippen molar-refractivity contribution < 1.29 is 19.4 Å². The van der Waals surface area contributed by atoms with Gasteiger partial charge in [-0.15, -0.1) is 6.42 Å². The molecular formula is C37H49ClN6O4. The van der Waals surface area contributed by atoms with Crippen molar-refractivity contribution in [1.82, 2.24) is 19.6 Å². The van der Waals surface area contributed by atoms with Crippen LogP contribution in [0.2, 0.25) is 5.02 Å². The molecule has 4 N–H and O–H groups in total. The van der Waals surface area contributed by atoms with E-state index < -0.39 is 12.5 Å². The highest BCUT2D eigenvalue weighted by Crippen LogP contribution is 2.33. The number of anilines is 2. The summed E-state index contributed by atoms with van der Waals surface area (Å²) in [7, 11) is 2.18. The second kappa shape index (κ2) is 15.5. The second-order valence-corrected chi connectivity index (χ2v) is 14.3. The molecule has 10 nitrogen and oxygen atoms in total. The number of nitrogen functional groups attached to an aromatic ring is 1. The molecule has 6 rings (SSSR count). The van der Waals surface area contributed by atoms with Gasteiger partial charge in [-0.2, -0.15) is 0 Å². The summed E-state index contributed by atoms with van der Waals surface area (Å²) in [5.74, 6) is 3.78. The number of urea groups is 1. The first kappa shape index (κ1) is 34.5. The zero-order chi connectivity index (χ0) is 33.8. The van der Waals surface area contributed by atoms with Gasteiger partial charge in [0.2, 0.25) is 6.41 Å². The molecule has 11 heteroatoms. The van der Waals surface area contributed by atoms with Crippen LogP contribution in [0.5, 0.6) is 0 Å². The van der Waals surface area contributed by atoms with E-state index in [0.29, 0.717) is 73.7 Å². The molecule has 4 aliphatic rings. The summed E-state index contributed by atoms with van der Waals surface area (Å²) >= 11 is 6.41. The lowest BCUT2D eigenvalue weighted by molar-refractivity contribution is -0.225. The zero-order valence-corrected chi connectivity index (χ0v) is 28.7. The van der Waals surface area contributed by atoms with Crippen LogP contribution >= 0.6 is 11.6 Å². The first-order valence-electron chi connectivity index (χ1n) is 17.4. The number of terminal acetylenes is 1. The summed E-state index contributed by atoms with van der Waals surface area (Å²) in [5.41, 5.74) is 9.59. The normalized spacial score (nSPS) is 22.0. The fraction of sp³-hybridized carbons (Fsp3) is 0.568. The maximum atomic E-state index is 14.1. The van der Waals surface area contributed by atoms with Crippen LogP contribution in [0.1, 0.15) is 55.2 Å². The van der Waals surface area contributed by atoms with E-state index in [1.165, 1.54) is 12.8 Å². The van der Waals surface area contributed by atoms with Crippen LogP contribution in [-0.2, 0) is 22.4 Å². The van der Waals surface area contributed by atoms with Crippen molar-refractivity contribution in [3.8, 4) is 12.3 Å². The monoisotopic (exact) mass is 676 g/mol. The lowest BCUT2D eigenvalue weighted by Gasteiger charge is -2.41. The van der Waals surface area contributed by atoms with Crippen molar-refractivity contribution in [2.45, 2.75) is 69.9 Å². The molecule has 2 aromatic rings. The molecule has 1 unspecified atom stereocenters. The van der Waals surface area contributed by atoms with E-state index in [1.54, 1.807) is 12.1 Å². The van der Waals surface area contributed by atoms with Crippen molar-refractivity contribution in [3.63, 3.8) is 0 Å². The number of carbonyl (C=O) groups excluding carboxylic acids is 2. The number of benzene rings is 2. The molecule has 2 aromatic carbocycles. The predicted molar refractivity (Wildman–Crippen MR) is 188 cm³/mol. The quantitative estimate of drug-likeness (QED) is 0.218. The third kappa shape index (κ3) is 7.93. The summed E-state index contributed by atoms with van der Waals surface area (Å²) in [6, 6.07) is 11.4. The maximum absolute atomic E-state index is 14.1. The summed E-state index contributed by atoms with van der Waals surface area (Å²) in [6.45, 7) is 5.33. The number of aliphatic hydroxyl groups is 1. The Morgan fingerprint density at radius 2 is 1.71 bits per heavy atom. The highest BCUT2D eigenvalue weighted by molar-refractivity contribution is 6.33. The van der Waals surface area contributed by atoms with Gasteiger partial charge < -0.3 is 35.6 Å². The second-order valence-electron chi connectivity index (χ2n) is 13.9. The average molecular weight is 677 g/mol. The Morgan fingerprint density at radius 3 is 2.40 bits per heavy atom. The minimum atomic E-state index is -1.28. The Balaban J connectivity index is 1.09. The molecule has 0 aliphatic carbocycles. The number of ether oxygens (including phenoxy) is 1. The van der Waals surface area contributed by atoms with E-state index >= 15 is 0 Å². The van der Waals surface area contributed by atoms with Gasteiger partial charge in [0.05, 0.1) is 10.7 Å². The molecule has 258 valence electrons. The van der Waals surface area contributed by atoms with Crippen LogP contribution in [-0.4, -0.2) is 108 Å². The minimum absolute atomic E-state index is 0.0464. The molecule has 0 aromatic heterocycles. The fourth-order valence-corrected chi connectivity index (χ4v) is 8.25. The van der Waals surface area contributed by atoms with Gasteiger partial charge in [-0.05, 0) is 106 Å². The Bertz CT molecular complexity index is 1490. The number of nitrogens with zero attached hydrogens (tertiary/aromatic N) is 4. The number of carbonyl (C=O) groups is 2. The van der Waals surface area contributed by atoms with Crippen molar-refractivity contribution in [2.24, 2.45) is 11.8 Å². The molecule has 2 atom stereocenters. The van der Waals surface area contributed by atoms with E-state index in [-0.39, 0.29) is 24.4 Å². The number of piperidine rings is 3. The van der Waals surface area contributed by atoms with Crippen molar-refractivity contribution >= 4 is 34.9 Å². The zero-order valence-electron chi connectivity index (χ0n) is 28.0. The molecule has 0 bridgehead atoms. The first-order chi connectivity index (χ1) is 23.2. The van der Waals surface area contributed by atoms with Gasteiger partial charge in [0.25, 0.3) is 5.91 Å². The number of halogens is 1. The third-order valence-electron chi connectivity index (χ3n) is 11.0. The molecule has 0 spiro atoms. The van der Waals surface area contributed by atoms with Crippen molar-refractivity contribution in [1.29, 1.82) is 0 Å². The smallest absolute Gasteiger partial charge is 0.322 e. The van der Waals surface area contributed by atoms with Crippen LogP contribution in [0.3, 0.4) is 0 Å². The lowest BCUT2D eigenvalue weighted by Crippen LogP contribution is -2.53. The summed E-state index contributed by atoms with van der Waals surface area (Å²) < 4.78 is 6.24. The fourth-order valence-electron chi connectivity index (χ4n) is 8.00. The Labute approximate surface area is 289 Å². The highest BCUT2D eigenvalue weighted by Gasteiger charge is 2.37. The Hall–Kier alpha value is -3.33. The minimum Gasteiger partial charge on any atom is -0.397 e. The number of nitrogens with one attached hydrogen (secondary N) is 1. The van der Waals surface area contributed by atoms with E-state index in [9.17, 15) is 14.7 Å². The van der Waals surface area contributed by atoms with Crippen molar-refractivity contribution in [3.05, 3.63) is 58.1 Å². The standard InChI is InChI=1S/C37H49ClN6O4/c1-3-26-22-25(23-31(38)34(26)39)24-33(35(45)42-17-10-28(11-18-42)27-8-15-41(2)16-9-27)48-37(47)43-19-13-30(14-20-43)44-21-12-29-6-4-5-7-32(29)40-36(44)46/h1,4-7,22-23,27-28,30,33,37,47H,8-21,24,39H2,2H3,(H,40,46)/t33-,37?/m1/s1. The Kier molecular flexibility index (Phi) is 11.1. The summed E-state index contributed by atoms with van der Waals surface area (Å²) in [4.78, 5) is 35.2. The van der Waals surface area contributed by atoms with Gasteiger partial charge in [-0.1, -0.05) is 35.7 Å². The maximum Gasteiger partial charge on any atom is 0.322 e. The molecule has 0 radical (unpaired) electrons. The van der Waals surface area contributed by atoms with Crippen LogP contribution < -0.4 is 11.1 Å². The van der Waals surface area contributed by atoms with Gasteiger partial charge in [0, 0.05) is 56.4 Å². The SMILES string of the molecule is C#Cc1cc(C[C@@H](OC(O)N2CCC(N3CCc4ccccc4NC3=O)CC2)C(=O)N2CCC(C3CCN(C)CC3)CC2)cc(Cl)c1N. The largest absolute Gasteiger partial charge is 0.397 e. The number of likely N-dealkylation sites (tertiary alicyclic amines) is 3. The van der Waals surface area contributed by atoms with Crippen LogP contribution in [0, 0.1) is 24.2 Å². The number of amides is 3. The molecular weight excluding hydrogens is 628 g/mol. The van der Waals surface area contributed by atoms with Gasteiger partial charge in [0.15, 0.2) is 0 Å². The van der Waals surface area contributed by atoms with E-state index in [0.717, 1.165) is 49.2 Å². The summed E-state index contributed by atoms with van der Waals surface area (Å²) in [5, 5.41) is 14.8. The molecule has 3 saturated heterocycles. The van der Waals surface area contributed by atoms with Crippen LogP contribution in [0.4, 0.5) is 16.2 Å². The Morgan fingerprint density at radius 1 is 1.04 bits per heavy atom. The van der Waals surface area contributed by atoms with Crippen LogP contribution in [0.25, 0.3) is 0 Å². The molecule has 0 saturated carbocycles. The van der Waals surface area contributed by atoms with E-state index in [4.69, 9.17) is 28.5 Å². The average Bonchev–Trinajstić information content (AvgIpc) is 3.27. The van der Waals surface area contributed by atoms with Gasteiger partial charge in [0.1, 0.15) is 6.10 Å². The topological polar surface area (TPSA) is 115 Å². The number of para-hydroxylation sites is 1. The molecule has 3 amide bonds. The van der Waals surface area contributed by atoms with Gasteiger partial charge in [-0.25, -0.2) is 4.79 Å². The molecule has 4 aliphatic heterocycles. The molecule has 48 heavy (non-hydrogen) atoms. The van der Waals surface area contributed by atoms with Gasteiger partial charge in [-0.3, -0.25) is 9.69 Å². The van der Waals surface area contributed by atoms with E-state index in [1.807, 2.05) is 32.9 Å². The number of fused-ring (bicyclic) bond motifs is 1. The van der Waals surface area contributed by atoms with Crippen LogP contribution in [0.15, 0.2) is 36.4 Å². The molecule has 3 fully saturated rings. The third-order valence-corrected chi connectivity index (χ3v) is 11.3. The predicted octanol–water partition coefficient (Wildman–Crippen LogP) is 4.24. The number of aliphatic hydroxyl groups excluding tert-OH is 1. The number of nitrogens with two attached hydrogens (primary N) is 1. The first-order valence-corrected chi connectivity index (χ1v) is 17.8.